The summed E-state index contributed by atoms with van der Waals surface area (Å²) in [4.78, 5) is 25.5. The van der Waals surface area contributed by atoms with Crippen LogP contribution in [-0.2, 0) is 11.3 Å². The Bertz CT molecular complexity index is 1080. The van der Waals surface area contributed by atoms with Crippen LogP contribution in [0.4, 0.5) is 0 Å². The summed E-state index contributed by atoms with van der Waals surface area (Å²) in [5.41, 5.74) is 3.84. The lowest BCUT2D eigenvalue weighted by Gasteiger charge is -2.12. The molecule has 0 aromatic carbocycles. The number of methoxy groups -OCH3 is 1. The van der Waals surface area contributed by atoms with E-state index in [9.17, 15) is 4.79 Å². The van der Waals surface area contributed by atoms with Crippen LogP contribution < -0.4 is 10.3 Å². The normalized spacial score (nSPS) is 17.7. The third kappa shape index (κ3) is 4.57. The van der Waals surface area contributed by atoms with Crippen LogP contribution in [0.1, 0.15) is 29.4 Å². The number of nitrogens with zero attached hydrogens (tertiary/aromatic N) is 4. The molecule has 0 amide bonds. The zero-order chi connectivity index (χ0) is 21.1. The molecule has 156 valence electrons. The minimum Gasteiger partial charge on any atom is -0.477 e. The molecule has 1 fully saturated rings. The third-order valence-electron chi connectivity index (χ3n) is 5.38. The first-order valence-electron chi connectivity index (χ1n) is 10.1. The van der Waals surface area contributed by atoms with Gasteiger partial charge in [0, 0.05) is 61.4 Å². The maximum Gasteiger partial charge on any atom is 0.250 e. The van der Waals surface area contributed by atoms with Gasteiger partial charge in [0.05, 0.1) is 18.8 Å². The molecule has 0 radical (unpaired) electrons. The SMILES string of the molecule is COCCn1cc(-c2cnc(C)nc2OCC2CC2c2ccc(C)cn2)ccc1=O. The zero-order valence-corrected chi connectivity index (χ0v) is 17.5. The second-order valence-corrected chi connectivity index (χ2v) is 7.75. The van der Waals surface area contributed by atoms with E-state index in [1.54, 1.807) is 36.2 Å². The van der Waals surface area contributed by atoms with E-state index in [1.807, 2.05) is 20.0 Å². The van der Waals surface area contributed by atoms with E-state index in [0.29, 0.717) is 43.3 Å². The second-order valence-electron chi connectivity index (χ2n) is 7.75. The van der Waals surface area contributed by atoms with E-state index in [4.69, 9.17) is 9.47 Å². The van der Waals surface area contributed by atoms with Crippen LogP contribution in [0.3, 0.4) is 0 Å². The summed E-state index contributed by atoms with van der Waals surface area (Å²) in [6, 6.07) is 7.53. The van der Waals surface area contributed by atoms with Gasteiger partial charge in [0.15, 0.2) is 0 Å². The summed E-state index contributed by atoms with van der Waals surface area (Å²) >= 11 is 0. The molecule has 7 nitrogen and oxygen atoms in total. The molecular formula is C23H26N4O3. The van der Waals surface area contributed by atoms with Gasteiger partial charge in [-0.25, -0.2) is 4.98 Å². The van der Waals surface area contributed by atoms with E-state index in [2.05, 4.69) is 27.1 Å². The highest BCUT2D eigenvalue weighted by atomic mass is 16.5. The lowest BCUT2D eigenvalue weighted by molar-refractivity contribution is 0.186. The van der Waals surface area contributed by atoms with Crippen molar-refractivity contribution in [3.05, 3.63) is 70.3 Å². The van der Waals surface area contributed by atoms with Gasteiger partial charge in [0.2, 0.25) is 5.88 Å². The monoisotopic (exact) mass is 406 g/mol. The minimum atomic E-state index is -0.0716. The van der Waals surface area contributed by atoms with Gasteiger partial charge in [-0.15, -0.1) is 0 Å². The number of hydrogen-bond donors (Lipinski definition) is 0. The van der Waals surface area contributed by atoms with Crippen molar-refractivity contribution in [1.82, 2.24) is 19.5 Å². The summed E-state index contributed by atoms with van der Waals surface area (Å²) in [5.74, 6) is 2.06. The summed E-state index contributed by atoms with van der Waals surface area (Å²) in [7, 11) is 1.62. The zero-order valence-electron chi connectivity index (χ0n) is 17.5. The predicted molar refractivity (Wildman–Crippen MR) is 114 cm³/mol. The van der Waals surface area contributed by atoms with E-state index in [-0.39, 0.29) is 5.56 Å². The maximum absolute atomic E-state index is 12.1. The molecule has 0 saturated heterocycles. The van der Waals surface area contributed by atoms with Crippen LogP contribution in [-0.4, -0.2) is 39.8 Å². The van der Waals surface area contributed by atoms with Crippen molar-refractivity contribution in [2.45, 2.75) is 32.7 Å². The van der Waals surface area contributed by atoms with Crippen LogP contribution >= 0.6 is 0 Å². The van der Waals surface area contributed by atoms with Gasteiger partial charge in [-0.05, 0) is 38.0 Å². The summed E-state index contributed by atoms with van der Waals surface area (Å²) in [5, 5.41) is 0. The van der Waals surface area contributed by atoms with Crippen molar-refractivity contribution < 1.29 is 9.47 Å². The molecule has 0 N–H and O–H groups in total. The number of ether oxygens (including phenoxy) is 2. The molecule has 3 aromatic heterocycles. The predicted octanol–water partition coefficient (Wildman–Crippen LogP) is 3.15. The first-order valence-corrected chi connectivity index (χ1v) is 10.1. The number of pyridine rings is 2. The molecule has 2 atom stereocenters. The fraction of sp³-hybridized carbons (Fsp3) is 0.391. The van der Waals surface area contributed by atoms with E-state index in [1.165, 1.54) is 5.56 Å². The van der Waals surface area contributed by atoms with Crippen LogP contribution in [0, 0.1) is 19.8 Å². The molecule has 4 rings (SSSR count). The summed E-state index contributed by atoms with van der Waals surface area (Å²) in [6.45, 7) is 5.41. The molecule has 0 bridgehead atoms. The van der Waals surface area contributed by atoms with Gasteiger partial charge in [0.25, 0.3) is 5.56 Å². The van der Waals surface area contributed by atoms with E-state index < -0.39 is 0 Å². The maximum atomic E-state index is 12.1. The van der Waals surface area contributed by atoms with Gasteiger partial charge in [0.1, 0.15) is 5.82 Å². The third-order valence-corrected chi connectivity index (χ3v) is 5.38. The molecule has 3 heterocycles. The highest BCUT2D eigenvalue weighted by molar-refractivity contribution is 5.66. The van der Waals surface area contributed by atoms with Crippen molar-refractivity contribution in [3.8, 4) is 17.0 Å². The molecule has 3 aromatic rings. The van der Waals surface area contributed by atoms with Crippen LogP contribution in [0.15, 0.2) is 47.7 Å². The Morgan fingerprint density at radius 3 is 2.77 bits per heavy atom. The molecule has 2 unspecified atom stereocenters. The van der Waals surface area contributed by atoms with E-state index >= 15 is 0 Å². The van der Waals surface area contributed by atoms with Crippen LogP contribution in [0.25, 0.3) is 11.1 Å². The van der Waals surface area contributed by atoms with Gasteiger partial charge in [-0.2, -0.15) is 4.98 Å². The fourth-order valence-electron chi connectivity index (χ4n) is 3.49. The molecular weight excluding hydrogens is 380 g/mol. The number of aromatic nitrogens is 4. The van der Waals surface area contributed by atoms with Gasteiger partial charge < -0.3 is 14.0 Å². The van der Waals surface area contributed by atoms with E-state index in [0.717, 1.165) is 23.2 Å². The summed E-state index contributed by atoms with van der Waals surface area (Å²) in [6.07, 6.45) is 6.54. The lowest BCUT2D eigenvalue weighted by Crippen LogP contribution is -2.20. The number of aryl methyl sites for hydroxylation is 2. The molecule has 7 heteroatoms. The molecule has 1 saturated carbocycles. The molecule has 1 aliphatic carbocycles. The van der Waals surface area contributed by atoms with Crippen molar-refractivity contribution in [3.63, 3.8) is 0 Å². The van der Waals surface area contributed by atoms with Gasteiger partial charge in [-0.3, -0.25) is 9.78 Å². The minimum absolute atomic E-state index is 0.0716. The summed E-state index contributed by atoms with van der Waals surface area (Å²) < 4.78 is 12.9. The first kappa shape index (κ1) is 20.2. The molecule has 0 aliphatic heterocycles. The Morgan fingerprint density at radius 1 is 1.13 bits per heavy atom. The largest absolute Gasteiger partial charge is 0.477 e. The average Bonchev–Trinajstić information content (AvgIpc) is 3.52. The Kier molecular flexibility index (Phi) is 5.90. The Hall–Kier alpha value is -3.06. The smallest absolute Gasteiger partial charge is 0.250 e. The Labute approximate surface area is 175 Å². The van der Waals surface area contributed by atoms with Crippen LogP contribution in [0.2, 0.25) is 0 Å². The number of hydrogen-bond acceptors (Lipinski definition) is 6. The Morgan fingerprint density at radius 2 is 2.00 bits per heavy atom. The van der Waals surface area contributed by atoms with Crippen molar-refractivity contribution >= 4 is 0 Å². The highest BCUT2D eigenvalue weighted by Crippen LogP contribution is 2.47. The van der Waals surface area contributed by atoms with Crippen molar-refractivity contribution in [1.29, 1.82) is 0 Å². The van der Waals surface area contributed by atoms with Gasteiger partial charge in [-0.1, -0.05) is 6.07 Å². The lowest BCUT2D eigenvalue weighted by atomic mass is 10.1. The van der Waals surface area contributed by atoms with Crippen molar-refractivity contribution in [2.24, 2.45) is 5.92 Å². The number of rotatable bonds is 8. The Balaban J connectivity index is 1.50. The second kappa shape index (κ2) is 8.75. The topological polar surface area (TPSA) is 79.1 Å². The fourth-order valence-corrected chi connectivity index (χ4v) is 3.49. The molecule has 1 aliphatic rings. The molecule has 0 spiro atoms. The molecule has 30 heavy (non-hydrogen) atoms. The standard InChI is InChI=1S/C23H26N4O3/c1-15-4-6-21(25-11-15)19-10-18(19)14-30-23-20(12-24-16(2)26-23)17-5-7-22(28)27(13-17)8-9-29-3/h4-7,11-13,18-19H,8-10,14H2,1-3H3. The quantitative estimate of drug-likeness (QED) is 0.572. The first-order chi connectivity index (χ1) is 14.5. The van der Waals surface area contributed by atoms with Crippen molar-refractivity contribution in [2.75, 3.05) is 20.3 Å². The average molecular weight is 406 g/mol. The van der Waals surface area contributed by atoms with Gasteiger partial charge >= 0.3 is 0 Å². The highest BCUT2D eigenvalue weighted by Gasteiger charge is 2.40. The van der Waals surface area contributed by atoms with Crippen LogP contribution in [0.5, 0.6) is 5.88 Å².